The van der Waals surface area contributed by atoms with Gasteiger partial charge in [0.05, 0.1) is 32.0 Å². The van der Waals surface area contributed by atoms with E-state index in [-0.39, 0.29) is 31.1 Å². The van der Waals surface area contributed by atoms with Crippen molar-refractivity contribution in [2.24, 2.45) is 0 Å². The van der Waals surface area contributed by atoms with Crippen LogP contribution in [0.2, 0.25) is 0 Å². The van der Waals surface area contributed by atoms with Crippen LogP contribution >= 0.6 is 0 Å². The second-order valence-electron chi connectivity index (χ2n) is 11.5. The molecule has 3 aromatic carbocycles. The average molecular weight is 603 g/mol. The van der Waals surface area contributed by atoms with E-state index in [0.29, 0.717) is 25.8 Å². The highest BCUT2D eigenvalue weighted by atomic mass is 16.7. The molecule has 2 aliphatic heterocycles. The van der Waals surface area contributed by atoms with Crippen molar-refractivity contribution in [3.05, 3.63) is 95.1 Å². The summed E-state index contributed by atoms with van der Waals surface area (Å²) in [4.78, 5) is 25.2. The standard InChI is InChI=1S/C35H42N2O7/c38-24-25-8-10-28(11-9-25)32-21-31(23-37-16-18-42-19-17-37)43-35(44-32)29-14-12-27(13-15-29)30-5-3-4-26(20-30)22-36-33(39)6-1-2-7-34(40)41/h3-5,8-15,20,31-32,35,38H,1-2,6-7,16-19,21-24H2,(H,36,39)(H,40,41)/t31-,32+,35+/m0/s1. The lowest BCUT2D eigenvalue weighted by Crippen LogP contribution is -2.44. The number of aliphatic hydroxyl groups is 1. The Balaban J connectivity index is 1.23. The van der Waals surface area contributed by atoms with Gasteiger partial charge in [0.2, 0.25) is 5.91 Å². The van der Waals surface area contributed by atoms with Gasteiger partial charge in [-0.25, -0.2) is 0 Å². The zero-order valence-electron chi connectivity index (χ0n) is 25.0. The van der Waals surface area contributed by atoms with Crippen LogP contribution < -0.4 is 5.32 Å². The van der Waals surface area contributed by atoms with Crippen LogP contribution in [0.4, 0.5) is 0 Å². The van der Waals surface area contributed by atoms with E-state index in [0.717, 1.165) is 72.6 Å². The number of hydrogen-bond acceptors (Lipinski definition) is 7. The van der Waals surface area contributed by atoms with Crippen molar-refractivity contribution in [2.75, 3.05) is 32.8 Å². The second kappa shape index (κ2) is 15.9. The zero-order chi connectivity index (χ0) is 30.7. The van der Waals surface area contributed by atoms with Crippen LogP contribution in [-0.4, -0.2) is 65.9 Å². The van der Waals surface area contributed by atoms with Gasteiger partial charge in [-0.1, -0.05) is 66.7 Å². The maximum absolute atomic E-state index is 12.2. The van der Waals surface area contributed by atoms with E-state index in [1.54, 1.807) is 0 Å². The SMILES string of the molecule is O=C(O)CCCCC(=O)NCc1cccc(-c2ccc([C@@H]3O[C@H](CN4CCOCC4)C[C@H](c4ccc(CO)cc4)O3)cc2)c1. The van der Waals surface area contributed by atoms with Crippen LogP contribution in [-0.2, 0) is 37.0 Å². The molecule has 234 valence electrons. The van der Waals surface area contributed by atoms with Crippen molar-refractivity contribution in [2.45, 2.75) is 63.8 Å². The summed E-state index contributed by atoms with van der Waals surface area (Å²) in [5.41, 5.74) is 5.98. The van der Waals surface area contributed by atoms with Crippen molar-refractivity contribution in [1.82, 2.24) is 10.2 Å². The minimum atomic E-state index is -0.837. The highest BCUT2D eigenvalue weighted by molar-refractivity contribution is 5.76. The van der Waals surface area contributed by atoms with E-state index in [9.17, 15) is 14.7 Å². The summed E-state index contributed by atoms with van der Waals surface area (Å²) in [7, 11) is 0. The highest BCUT2D eigenvalue weighted by Crippen LogP contribution is 2.38. The van der Waals surface area contributed by atoms with Crippen LogP contribution in [0.1, 0.15) is 66.8 Å². The third-order valence-electron chi connectivity index (χ3n) is 8.16. The number of carboxylic acid groups (broad SMARTS) is 1. The number of ether oxygens (including phenoxy) is 3. The van der Waals surface area contributed by atoms with Gasteiger partial charge in [-0.05, 0) is 46.7 Å². The maximum Gasteiger partial charge on any atom is 0.303 e. The molecule has 0 unspecified atom stereocenters. The zero-order valence-corrected chi connectivity index (χ0v) is 25.0. The lowest BCUT2D eigenvalue weighted by Gasteiger charge is -2.39. The molecule has 2 aliphatic rings. The molecular weight excluding hydrogens is 560 g/mol. The Morgan fingerprint density at radius 3 is 2.30 bits per heavy atom. The van der Waals surface area contributed by atoms with Crippen LogP contribution in [0, 0.1) is 0 Å². The Bertz CT molecular complexity index is 1360. The Morgan fingerprint density at radius 2 is 1.57 bits per heavy atom. The molecule has 2 fully saturated rings. The first kappa shape index (κ1) is 31.8. The number of rotatable bonds is 13. The van der Waals surface area contributed by atoms with Gasteiger partial charge >= 0.3 is 5.97 Å². The van der Waals surface area contributed by atoms with Crippen molar-refractivity contribution < 1.29 is 34.0 Å². The number of carboxylic acids is 1. The topological polar surface area (TPSA) is 118 Å². The second-order valence-corrected chi connectivity index (χ2v) is 11.5. The largest absolute Gasteiger partial charge is 0.481 e. The fraction of sp³-hybridized carbons (Fsp3) is 0.429. The molecule has 9 heteroatoms. The Labute approximate surface area is 258 Å². The van der Waals surface area contributed by atoms with E-state index in [1.165, 1.54) is 0 Å². The minimum absolute atomic E-state index is 0.00175. The van der Waals surface area contributed by atoms with Gasteiger partial charge in [0, 0.05) is 51.0 Å². The molecule has 2 heterocycles. The molecule has 0 radical (unpaired) electrons. The maximum atomic E-state index is 12.2. The van der Waals surface area contributed by atoms with Crippen molar-refractivity contribution in [1.29, 1.82) is 0 Å². The van der Waals surface area contributed by atoms with Gasteiger partial charge in [0.15, 0.2) is 6.29 Å². The first-order valence-electron chi connectivity index (χ1n) is 15.5. The molecular formula is C35H42N2O7. The first-order chi connectivity index (χ1) is 21.5. The van der Waals surface area contributed by atoms with Gasteiger partial charge in [0.1, 0.15) is 0 Å². The molecule has 9 nitrogen and oxygen atoms in total. The summed E-state index contributed by atoms with van der Waals surface area (Å²) < 4.78 is 18.6. The van der Waals surface area contributed by atoms with Gasteiger partial charge in [-0.3, -0.25) is 14.5 Å². The Morgan fingerprint density at radius 1 is 0.841 bits per heavy atom. The predicted octanol–water partition coefficient (Wildman–Crippen LogP) is 4.98. The summed E-state index contributed by atoms with van der Waals surface area (Å²) in [5, 5.41) is 21.1. The Hall–Kier alpha value is -3.60. The molecule has 0 spiro atoms. The van der Waals surface area contributed by atoms with E-state index >= 15 is 0 Å². The lowest BCUT2D eigenvalue weighted by atomic mass is 9.99. The highest BCUT2D eigenvalue weighted by Gasteiger charge is 2.33. The molecule has 3 atom stereocenters. The summed E-state index contributed by atoms with van der Waals surface area (Å²) in [6, 6.07) is 24.3. The first-order valence-corrected chi connectivity index (χ1v) is 15.5. The third-order valence-corrected chi connectivity index (χ3v) is 8.16. The molecule has 3 N–H and O–H groups in total. The summed E-state index contributed by atoms with van der Waals surface area (Å²) in [6.07, 6.45) is 1.57. The normalized spacial score (nSPS) is 20.7. The number of nitrogens with one attached hydrogen (secondary N) is 1. The van der Waals surface area contributed by atoms with Crippen molar-refractivity contribution in [3.8, 4) is 11.1 Å². The van der Waals surface area contributed by atoms with Gasteiger partial charge in [-0.2, -0.15) is 0 Å². The van der Waals surface area contributed by atoms with Crippen LogP contribution in [0.3, 0.4) is 0 Å². The number of aliphatic hydroxyl groups excluding tert-OH is 1. The number of morpholine rings is 1. The number of carbonyl (C=O) groups excluding carboxylic acids is 1. The number of hydrogen-bond donors (Lipinski definition) is 3. The predicted molar refractivity (Wildman–Crippen MR) is 166 cm³/mol. The lowest BCUT2D eigenvalue weighted by molar-refractivity contribution is -0.253. The van der Waals surface area contributed by atoms with E-state index < -0.39 is 12.3 Å². The number of aliphatic carboxylic acids is 1. The molecule has 44 heavy (non-hydrogen) atoms. The van der Waals surface area contributed by atoms with E-state index in [4.69, 9.17) is 19.3 Å². The van der Waals surface area contributed by atoms with Gasteiger partial charge in [0.25, 0.3) is 0 Å². The fourth-order valence-electron chi connectivity index (χ4n) is 5.65. The van der Waals surface area contributed by atoms with Gasteiger partial charge < -0.3 is 29.7 Å². The third kappa shape index (κ3) is 9.20. The number of nitrogens with zero attached hydrogens (tertiary/aromatic N) is 1. The van der Waals surface area contributed by atoms with Gasteiger partial charge in [-0.15, -0.1) is 0 Å². The van der Waals surface area contributed by atoms with Crippen molar-refractivity contribution >= 4 is 11.9 Å². The molecule has 0 aromatic heterocycles. The fourth-order valence-corrected chi connectivity index (χ4v) is 5.65. The van der Waals surface area contributed by atoms with Crippen LogP contribution in [0.15, 0.2) is 72.8 Å². The van der Waals surface area contributed by atoms with Crippen LogP contribution in [0.25, 0.3) is 11.1 Å². The monoisotopic (exact) mass is 602 g/mol. The molecule has 2 saturated heterocycles. The quantitative estimate of drug-likeness (QED) is 0.235. The van der Waals surface area contributed by atoms with E-state index in [2.05, 4.69) is 40.5 Å². The Kier molecular flexibility index (Phi) is 11.5. The molecule has 0 aliphatic carbocycles. The van der Waals surface area contributed by atoms with Crippen molar-refractivity contribution in [3.63, 3.8) is 0 Å². The summed E-state index contributed by atoms with van der Waals surface area (Å²) >= 11 is 0. The smallest absolute Gasteiger partial charge is 0.303 e. The average Bonchev–Trinajstić information content (AvgIpc) is 3.06. The molecule has 0 saturated carbocycles. The number of amides is 1. The minimum Gasteiger partial charge on any atom is -0.481 e. The summed E-state index contributed by atoms with van der Waals surface area (Å²) in [6.45, 7) is 4.51. The molecule has 5 rings (SSSR count). The number of carbonyl (C=O) groups is 2. The molecule has 0 bridgehead atoms. The van der Waals surface area contributed by atoms with Crippen LogP contribution in [0.5, 0.6) is 0 Å². The summed E-state index contributed by atoms with van der Waals surface area (Å²) in [5.74, 6) is -0.913. The number of benzene rings is 3. The molecule has 1 amide bonds. The molecule has 3 aromatic rings. The number of unbranched alkanes of at least 4 members (excludes halogenated alkanes) is 1. The van der Waals surface area contributed by atoms with E-state index in [1.807, 2.05) is 42.5 Å².